The Hall–Kier alpha value is -3.38. The summed E-state index contributed by atoms with van der Waals surface area (Å²) in [6, 6.07) is 18.8. The Morgan fingerprint density at radius 3 is 2.56 bits per heavy atom. The van der Waals surface area contributed by atoms with Gasteiger partial charge in [0.1, 0.15) is 11.4 Å². The third kappa shape index (κ3) is 4.32. The number of fused-ring (bicyclic) bond motifs is 3. The van der Waals surface area contributed by atoms with Gasteiger partial charge in [0.05, 0.1) is 12.7 Å². The van der Waals surface area contributed by atoms with Crippen LogP contribution in [0.4, 0.5) is 10.1 Å². The van der Waals surface area contributed by atoms with E-state index in [2.05, 4.69) is 27.2 Å². The molecule has 0 unspecified atom stereocenters. The predicted octanol–water partition coefficient (Wildman–Crippen LogP) is 4.21. The molecule has 1 fully saturated rings. The number of halogens is 1. The summed E-state index contributed by atoms with van der Waals surface area (Å²) in [5.41, 5.74) is 2.78. The summed E-state index contributed by atoms with van der Waals surface area (Å²) in [6.45, 7) is 5.07. The van der Waals surface area contributed by atoms with Crippen molar-refractivity contribution in [2.24, 2.45) is 0 Å². The fraction of sp³-hybridized carbons (Fsp3) is 0.269. The number of nitrogens with one attached hydrogen (secondary N) is 1. The quantitative estimate of drug-likeness (QED) is 0.497. The Morgan fingerprint density at radius 2 is 1.75 bits per heavy atom. The summed E-state index contributed by atoms with van der Waals surface area (Å²) in [7, 11) is 0. The fourth-order valence-electron chi connectivity index (χ4n) is 4.48. The molecule has 0 radical (unpaired) electrons. The molecule has 164 valence electrons. The second kappa shape index (κ2) is 9.01. The molecule has 1 aromatic heterocycles. The van der Waals surface area contributed by atoms with E-state index in [0.717, 1.165) is 65.7 Å². The molecule has 3 aromatic carbocycles. The van der Waals surface area contributed by atoms with Gasteiger partial charge in [0.2, 0.25) is 5.91 Å². The smallest absolute Gasteiger partial charge is 0.224 e. The lowest BCUT2D eigenvalue weighted by atomic mass is 10.0. The SMILES string of the molecule is O=C(Cc1coc2ccc3ccccc3c12)NCCN1CCN(c2ccc(F)cc2)CC1. The summed E-state index contributed by atoms with van der Waals surface area (Å²) in [6.07, 6.45) is 2.00. The monoisotopic (exact) mass is 431 g/mol. The summed E-state index contributed by atoms with van der Waals surface area (Å²) in [5.74, 6) is -0.203. The van der Waals surface area contributed by atoms with Gasteiger partial charge in [-0.3, -0.25) is 9.69 Å². The highest BCUT2D eigenvalue weighted by atomic mass is 19.1. The zero-order chi connectivity index (χ0) is 21.9. The van der Waals surface area contributed by atoms with Crippen molar-refractivity contribution < 1.29 is 13.6 Å². The molecule has 2 heterocycles. The lowest BCUT2D eigenvalue weighted by molar-refractivity contribution is -0.120. The van der Waals surface area contributed by atoms with Gasteiger partial charge in [0.25, 0.3) is 0 Å². The average molecular weight is 432 g/mol. The molecule has 5 rings (SSSR count). The van der Waals surface area contributed by atoms with Gasteiger partial charge in [0.15, 0.2) is 0 Å². The Labute approximate surface area is 186 Å². The van der Waals surface area contributed by atoms with Gasteiger partial charge in [-0.2, -0.15) is 0 Å². The molecule has 6 heteroatoms. The fourth-order valence-corrected chi connectivity index (χ4v) is 4.48. The molecule has 1 N–H and O–H groups in total. The molecule has 0 saturated carbocycles. The molecule has 5 nitrogen and oxygen atoms in total. The normalized spacial score (nSPS) is 14.8. The Bertz CT molecular complexity index is 1230. The molecular formula is C26H26FN3O2. The van der Waals surface area contributed by atoms with Crippen LogP contribution in [0.15, 0.2) is 71.3 Å². The highest BCUT2D eigenvalue weighted by molar-refractivity contribution is 6.08. The number of furan rings is 1. The first-order chi connectivity index (χ1) is 15.7. The van der Waals surface area contributed by atoms with E-state index in [0.29, 0.717) is 13.0 Å². The highest BCUT2D eigenvalue weighted by Crippen LogP contribution is 2.30. The lowest BCUT2D eigenvalue weighted by Gasteiger charge is -2.36. The van der Waals surface area contributed by atoms with Crippen molar-refractivity contribution in [2.75, 3.05) is 44.2 Å². The maximum absolute atomic E-state index is 13.1. The van der Waals surface area contributed by atoms with Crippen molar-refractivity contribution in [3.8, 4) is 0 Å². The van der Waals surface area contributed by atoms with E-state index in [1.165, 1.54) is 12.1 Å². The second-order valence-electron chi connectivity index (χ2n) is 8.25. The summed E-state index contributed by atoms with van der Waals surface area (Å²) >= 11 is 0. The number of benzene rings is 3. The van der Waals surface area contributed by atoms with Crippen LogP contribution in [-0.4, -0.2) is 50.1 Å². The maximum atomic E-state index is 13.1. The van der Waals surface area contributed by atoms with Crippen LogP contribution in [0, 0.1) is 5.82 Å². The minimum absolute atomic E-state index is 0.00517. The molecule has 1 amide bonds. The molecule has 4 aromatic rings. The van der Waals surface area contributed by atoms with Crippen molar-refractivity contribution in [3.63, 3.8) is 0 Å². The van der Waals surface area contributed by atoms with Crippen LogP contribution < -0.4 is 10.2 Å². The first kappa shape index (κ1) is 20.5. The van der Waals surface area contributed by atoms with Crippen LogP contribution in [0.5, 0.6) is 0 Å². The van der Waals surface area contributed by atoms with E-state index in [9.17, 15) is 9.18 Å². The summed E-state index contributed by atoms with van der Waals surface area (Å²) in [5, 5.41) is 6.33. The van der Waals surface area contributed by atoms with E-state index >= 15 is 0 Å². The number of anilines is 1. The van der Waals surface area contributed by atoms with Gasteiger partial charge < -0.3 is 14.6 Å². The van der Waals surface area contributed by atoms with Crippen LogP contribution in [0.2, 0.25) is 0 Å². The molecule has 1 aliphatic rings. The molecule has 0 atom stereocenters. The number of hydrogen-bond donors (Lipinski definition) is 1. The minimum atomic E-state index is -0.209. The average Bonchev–Trinajstić information content (AvgIpc) is 3.23. The van der Waals surface area contributed by atoms with Crippen molar-refractivity contribution >= 4 is 33.3 Å². The molecule has 32 heavy (non-hydrogen) atoms. The predicted molar refractivity (Wildman–Crippen MR) is 125 cm³/mol. The Balaban J connectivity index is 1.12. The van der Waals surface area contributed by atoms with Crippen molar-refractivity contribution in [1.82, 2.24) is 10.2 Å². The molecule has 0 bridgehead atoms. The summed E-state index contributed by atoms with van der Waals surface area (Å²) < 4.78 is 18.8. The first-order valence-electron chi connectivity index (χ1n) is 11.0. The molecule has 0 aliphatic carbocycles. The number of carbonyl (C=O) groups is 1. The van der Waals surface area contributed by atoms with E-state index in [4.69, 9.17) is 4.42 Å². The number of hydrogen-bond acceptors (Lipinski definition) is 4. The second-order valence-corrected chi connectivity index (χ2v) is 8.25. The largest absolute Gasteiger partial charge is 0.464 e. The van der Waals surface area contributed by atoms with Crippen LogP contribution in [-0.2, 0) is 11.2 Å². The number of piperazine rings is 1. The standard InChI is InChI=1S/C26H26FN3O2/c27-21-6-8-22(9-7-21)30-15-13-29(14-16-30)12-11-28-25(31)17-20-18-32-24-10-5-19-3-1-2-4-23(19)26(20)24/h1-10,18H,11-17H2,(H,28,31). The van der Waals surface area contributed by atoms with Crippen molar-refractivity contribution in [2.45, 2.75) is 6.42 Å². The van der Waals surface area contributed by atoms with Gasteiger partial charge in [-0.05, 0) is 41.1 Å². The third-order valence-corrected chi connectivity index (χ3v) is 6.21. The van der Waals surface area contributed by atoms with E-state index < -0.39 is 0 Å². The topological polar surface area (TPSA) is 48.7 Å². The zero-order valence-electron chi connectivity index (χ0n) is 17.9. The molecule has 1 saturated heterocycles. The molecule has 0 spiro atoms. The third-order valence-electron chi connectivity index (χ3n) is 6.21. The van der Waals surface area contributed by atoms with Gasteiger partial charge in [-0.15, -0.1) is 0 Å². The Kier molecular flexibility index (Phi) is 5.77. The van der Waals surface area contributed by atoms with Crippen molar-refractivity contribution in [1.29, 1.82) is 0 Å². The first-order valence-corrected chi connectivity index (χ1v) is 11.0. The number of carbonyl (C=O) groups excluding carboxylic acids is 1. The summed E-state index contributed by atoms with van der Waals surface area (Å²) in [4.78, 5) is 17.2. The van der Waals surface area contributed by atoms with Crippen LogP contribution >= 0.6 is 0 Å². The van der Waals surface area contributed by atoms with Crippen molar-refractivity contribution in [3.05, 3.63) is 78.3 Å². The molecule has 1 aliphatic heterocycles. The lowest BCUT2D eigenvalue weighted by Crippen LogP contribution is -2.48. The number of amides is 1. The van der Waals surface area contributed by atoms with Crippen LogP contribution in [0.25, 0.3) is 21.7 Å². The zero-order valence-corrected chi connectivity index (χ0v) is 17.9. The van der Waals surface area contributed by atoms with E-state index in [-0.39, 0.29) is 11.7 Å². The number of nitrogens with zero attached hydrogens (tertiary/aromatic N) is 2. The van der Waals surface area contributed by atoms with Crippen LogP contribution in [0.1, 0.15) is 5.56 Å². The van der Waals surface area contributed by atoms with Gasteiger partial charge in [-0.25, -0.2) is 4.39 Å². The minimum Gasteiger partial charge on any atom is -0.464 e. The van der Waals surface area contributed by atoms with E-state index in [1.807, 2.05) is 36.4 Å². The van der Waals surface area contributed by atoms with Crippen LogP contribution in [0.3, 0.4) is 0 Å². The molecular weight excluding hydrogens is 405 g/mol. The van der Waals surface area contributed by atoms with Gasteiger partial charge >= 0.3 is 0 Å². The number of rotatable bonds is 6. The maximum Gasteiger partial charge on any atom is 0.224 e. The van der Waals surface area contributed by atoms with Gasteiger partial charge in [0, 0.05) is 55.9 Å². The Morgan fingerprint density at radius 1 is 0.969 bits per heavy atom. The van der Waals surface area contributed by atoms with E-state index in [1.54, 1.807) is 6.26 Å². The van der Waals surface area contributed by atoms with Gasteiger partial charge in [-0.1, -0.05) is 30.3 Å². The highest BCUT2D eigenvalue weighted by Gasteiger charge is 2.18.